The van der Waals surface area contributed by atoms with Crippen molar-refractivity contribution in [2.75, 3.05) is 19.6 Å². The predicted octanol–water partition coefficient (Wildman–Crippen LogP) is 3.21. The summed E-state index contributed by atoms with van der Waals surface area (Å²) in [5.74, 6) is 0.878. The highest BCUT2D eigenvalue weighted by Crippen LogP contribution is 2.30. The van der Waals surface area contributed by atoms with Crippen molar-refractivity contribution in [3.05, 3.63) is 35.9 Å². The minimum absolute atomic E-state index is 0.518. The summed E-state index contributed by atoms with van der Waals surface area (Å²) in [6.45, 7) is 5.98. The summed E-state index contributed by atoms with van der Waals surface area (Å²) in [4.78, 5) is 2.75. The van der Waals surface area contributed by atoms with Crippen molar-refractivity contribution in [3.63, 3.8) is 0 Å². The zero-order chi connectivity index (χ0) is 13.1. The Hall–Kier alpha value is -0.860. The number of nitrogens with zero attached hydrogens (tertiary/aromatic N) is 1. The minimum atomic E-state index is 0.518. The molecule has 104 valence electrons. The molecule has 0 radical (unpaired) electrons. The van der Waals surface area contributed by atoms with Gasteiger partial charge in [0.15, 0.2) is 0 Å². The van der Waals surface area contributed by atoms with Crippen LogP contribution in [0.4, 0.5) is 0 Å². The number of hydrogen-bond donors (Lipinski definition) is 1. The van der Waals surface area contributed by atoms with Crippen LogP contribution in [0.3, 0.4) is 0 Å². The lowest BCUT2D eigenvalue weighted by atomic mass is 9.84. The van der Waals surface area contributed by atoms with Crippen LogP contribution in [0.15, 0.2) is 30.3 Å². The highest BCUT2D eigenvalue weighted by atomic mass is 15.2. The maximum absolute atomic E-state index is 3.68. The Balaban J connectivity index is 1.67. The number of hydrogen-bond acceptors (Lipinski definition) is 2. The van der Waals surface area contributed by atoms with Gasteiger partial charge in [0.25, 0.3) is 0 Å². The van der Waals surface area contributed by atoms with Gasteiger partial charge < -0.3 is 5.32 Å². The third-order valence-corrected chi connectivity index (χ3v) is 4.94. The molecule has 0 bridgehead atoms. The zero-order valence-corrected chi connectivity index (χ0v) is 12.0. The first kappa shape index (κ1) is 13.1. The topological polar surface area (TPSA) is 15.3 Å². The SMILES string of the molecule is CC1CCCCC1N1CCNC(c2ccccc2)C1. The quantitative estimate of drug-likeness (QED) is 0.876. The van der Waals surface area contributed by atoms with E-state index in [1.807, 2.05) is 0 Å². The standard InChI is InChI=1S/C17H26N2/c1-14-7-5-6-10-17(14)19-12-11-18-16(13-19)15-8-3-2-4-9-15/h2-4,8-9,14,16-18H,5-7,10-13H2,1H3. The van der Waals surface area contributed by atoms with Crippen LogP contribution >= 0.6 is 0 Å². The molecule has 3 atom stereocenters. The predicted molar refractivity (Wildman–Crippen MR) is 80.2 cm³/mol. The first-order valence-corrected chi connectivity index (χ1v) is 7.87. The van der Waals surface area contributed by atoms with Crippen molar-refractivity contribution in [1.29, 1.82) is 0 Å². The van der Waals surface area contributed by atoms with Crippen LogP contribution in [0.2, 0.25) is 0 Å². The second-order valence-corrected chi connectivity index (χ2v) is 6.24. The van der Waals surface area contributed by atoms with Crippen LogP contribution in [0, 0.1) is 5.92 Å². The third kappa shape index (κ3) is 3.01. The second kappa shape index (κ2) is 6.06. The van der Waals surface area contributed by atoms with Gasteiger partial charge in [-0.1, -0.05) is 50.1 Å². The normalized spacial score (nSPS) is 33.2. The van der Waals surface area contributed by atoms with Gasteiger partial charge in [-0.25, -0.2) is 0 Å². The molecule has 1 saturated carbocycles. The van der Waals surface area contributed by atoms with Gasteiger partial charge in [-0.3, -0.25) is 4.90 Å². The van der Waals surface area contributed by atoms with Crippen LogP contribution < -0.4 is 5.32 Å². The summed E-state index contributed by atoms with van der Waals surface area (Å²) in [5.41, 5.74) is 1.44. The monoisotopic (exact) mass is 258 g/mol. The molecule has 2 fully saturated rings. The molecule has 1 saturated heterocycles. The van der Waals surface area contributed by atoms with E-state index in [0.717, 1.165) is 18.5 Å². The Labute approximate surface area is 117 Å². The van der Waals surface area contributed by atoms with Crippen LogP contribution in [0.5, 0.6) is 0 Å². The van der Waals surface area contributed by atoms with Crippen molar-refractivity contribution in [3.8, 4) is 0 Å². The maximum Gasteiger partial charge on any atom is 0.0449 e. The summed E-state index contributed by atoms with van der Waals surface area (Å²) in [6.07, 6.45) is 5.69. The Morgan fingerprint density at radius 3 is 2.68 bits per heavy atom. The van der Waals surface area contributed by atoms with Gasteiger partial charge in [0.05, 0.1) is 0 Å². The average molecular weight is 258 g/mol. The van der Waals surface area contributed by atoms with E-state index in [-0.39, 0.29) is 0 Å². The highest BCUT2D eigenvalue weighted by Gasteiger charge is 2.30. The smallest absolute Gasteiger partial charge is 0.0449 e. The zero-order valence-electron chi connectivity index (χ0n) is 12.0. The molecule has 0 spiro atoms. The van der Waals surface area contributed by atoms with Gasteiger partial charge >= 0.3 is 0 Å². The first-order valence-electron chi connectivity index (χ1n) is 7.87. The van der Waals surface area contributed by atoms with E-state index in [1.54, 1.807) is 0 Å². The summed E-state index contributed by atoms with van der Waals surface area (Å²) < 4.78 is 0. The Morgan fingerprint density at radius 2 is 1.89 bits per heavy atom. The molecule has 3 unspecified atom stereocenters. The molecule has 1 aliphatic carbocycles. The molecule has 2 nitrogen and oxygen atoms in total. The van der Waals surface area contributed by atoms with Gasteiger partial charge in [0.1, 0.15) is 0 Å². The number of rotatable bonds is 2. The number of nitrogens with one attached hydrogen (secondary N) is 1. The molecule has 1 aromatic carbocycles. The lowest BCUT2D eigenvalue weighted by Crippen LogP contribution is -2.52. The molecule has 1 N–H and O–H groups in total. The van der Waals surface area contributed by atoms with E-state index in [9.17, 15) is 0 Å². The van der Waals surface area contributed by atoms with Gasteiger partial charge in [0.2, 0.25) is 0 Å². The Bertz CT molecular complexity index is 390. The van der Waals surface area contributed by atoms with Crippen molar-refractivity contribution < 1.29 is 0 Å². The molecule has 0 amide bonds. The van der Waals surface area contributed by atoms with E-state index in [2.05, 4.69) is 47.5 Å². The summed E-state index contributed by atoms with van der Waals surface area (Å²) >= 11 is 0. The van der Waals surface area contributed by atoms with E-state index in [1.165, 1.54) is 44.3 Å². The van der Waals surface area contributed by atoms with E-state index in [4.69, 9.17) is 0 Å². The van der Waals surface area contributed by atoms with E-state index < -0.39 is 0 Å². The fraction of sp³-hybridized carbons (Fsp3) is 0.647. The second-order valence-electron chi connectivity index (χ2n) is 6.24. The molecule has 1 aliphatic heterocycles. The largest absolute Gasteiger partial charge is 0.308 e. The summed E-state index contributed by atoms with van der Waals surface area (Å²) in [5, 5.41) is 3.68. The van der Waals surface area contributed by atoms with Crippen molar-refractivity contribution in [2.45, 2.75) is 44.7 Å². The van der Waals surface area contributed by atoms with Crippen LogP contribution in [0.1, 0.15) is 44.2 Å². The molecule has 1 heterocycles. The van der Waals surface area contributed by atoms with Crippen LogP contribution in [0.25, 0.3) is 0 Å². The highest BCUT2D eigenvalue weighted by molar-refractivity contribution is 5.20. The Morgan fingerprint density at radius 1 is 1.11 bits per heavy atom. The first-order chi connectivity index (χ1) is 9.34. The average Bonchev–Trinajstić information content (AvgIpc) is 2.49. The van der Waals surface area contributed by atoms with Crippen molar-refractivity contribution in [1.82, 2.24) is 10.2 Å². The Kier molecular flexibility index (Phi) is 4.19. The van der Waals surface area contributed by atoms with Crippen LogP contribution in [-0.4, -0.2) is 30.6 Å². The minimum Gasteiger partial charge on any atom is -0.308 e. The fourth-order valence-electron chi connectivity index (χ4n) is 3.82. The molecule has 2 aliphatic rings. The van der Waals surface area contributed by atoms with Crippen molar-refractivity contribution >= 4 is 0 Å². The molecule has 19 heavy (non-hydrogen) atoms. The van der Waals surface area contributed by atoms with Crippen LogP contribution in [-0.2, 0) is 0 Å². The summed E-state index contributed by atoms with van der Waals surface area (Å²) in [6, 6.07) is 12.3. The molecular formula is C17H26N2. The maximum atomic E-state index is 3.68. The summed E-state index contributed by atoms with van der Waals surface area (Å²) in [7, 11) is 0. The molecule has 2 heteroatoms. The third-order valence-electron chi connectivity index (χ3n) is 4.94. The van der Waals surface area contributed by atoms with Gasteiger partial charge in [0, 0.05) is 31.7 Å². The lowest BCUT2D eigenvalue weighted by Gasteiger charge is -2.43. The molecular weight excluding hydrogens is 232 g/mol. The van der Waals surface area contributed by atoms with E-state index >= 15 is 0 Å². The lowest BCUT2D eigenvalue weighted by molar-refractivity contribution is 0.0810. The van der Waals surface area contributed by atoms with Gasteiger partial charge in [-0.05, 0) is 24.3 Å². The molecule has 0 aromatic heterocycles. The van der Waals surface area contributed by atoms with Crippen molar-refractivity contribution in [2.24, 2.45) is 5.92 Å². The van der Waals surface area contributed by atoms with Gasteiger partial charge in [-0.2, -0.15) is 0 Å². The van der Waals surface area contributed by atoms with E-state index in [0.29, 0.717) is 6.04 Å². The van der Waals surface area contributed by atoms with Gasteiger partial charge in [-0.15, -0.1) is 0 Å². The number of piperazine rings is 1. The fourth-order valence-corrected chi connectivity index (χ4v) is 3.82. The molecule has 3 rings (SSSR count). The number of benzene rings is 1. The molecule has 1 aromatic rings.